The molecule has 2 aromatic rings. The Labute approximate surface area is 168 Å². The van der Waals surface area contributed by atoms with Crippen molar-refractivity contribution >= 4 is 34.3 Å². The van der Waals surface area contributed by atoms with Gasteiger partial charge in [-0.05, 0) is 38.3 Å². The molecule has 0 bridgehead atoms. The van der Waals surface area contributed by atoms with Gasteiger partial charge in [-0.1, -0.05) is 23.7 Å². The van der Waals surface area contributed by atoms with E-state index in [9.17, 15) is 4.79 Å². The van der Waals surface area contributed by atoms with E-state index in [1.54, 1.807) is 17.0 Å². The number of ether oxygens (including phenoxy) is 2. The van der Waals surface area contributed by atoms with Gasteiger partial charge in [-0.2, -0.15) is 5.10 Å². The van der Waals surface area contributed by atoms with Crippen molar-refractivity contribution in [2.45, 2.75) is 38.9 Å². The van der Waals surface area contributed by atoms with Crippen LogP contribution in [0.4, 0.5) is 4.79 Å². The lowest BCUT2D eigenvalue weighted by Gasteiger charge is -2.24. The van der Waals surface area contributed by atoms with Crippen molar-refractivity contribution in [1.29, 1.82) is 0 Å². The van der Waals surface area contributed by atoms with Gasteiger partial charge in [0.05, 0.1) is 17.0 Å². The Morgan fingerprint density at radius 3 is 2.82 bits per heavy atom. The Hall–Kier alpha value is -2.74. The fourth-order valence-corrected chi connectivity index (χ4v) is 3.25. The number of nitrogens with two attached hydrogens (primary N) is 2. The summed E-state index contributed by atoms with van der Waals surface area (Å²) < 4.78 is 11.5. The smallest absolute Gasteiger partial charge is 0.410 e. The second-order valence-corrected chi connectivity index (χ2v) is 8.03. The minimum Gasteiger partial charge on any atom is -0.472 e. The average molecular weight is 406 g/mol. The van der Waals surface area contributed by atoms with Crippen LogP contribution in [0, 0.1) is 0 Å². The number of hydrogen-bond acceptors (Lipinski definition) is 6. The van der Waals surface area contributed by atoms with Crippen LogP contribution in [0.15, 0.2) is 29.4 Å². The zero-order valence-electron chi connectivity index (χ0n) is 16.1. The zero-order valence-corrected chi connectivity index (χ0v) is 16.9. The van der Waals surface area contributed by atoms with E-state index < -0.39 is 5.60 Å². The van der Waals surface area contributed by atoms with Crippen molar-refractivity contribution in [3.05, 3.63) is 35.0 Å². The topological polar surface area (TPSA) is 116 Å². The quantitative estimate of drug-likeness (QED) is 0.351. The van der Waals surface area contributed by atoms with Gasteiger partial charge in [0.1, 0.15) is 17.4 Å². The predicted octanol–water partition coefficient (Wildman–Crippen LogP) is 2.86. The molecule has 1 unspecified atom stereocenters. The molecule has 1 aromatic heterocycles. The number of carbonyl (C=O) groups excluding carboxylic acids is 1. The van der Waals surface area contributed by atoms with Gasteiger partial charge >= 0.3 is 6.09 Å². The third kappa shape index (κ3) is 4.39. The minimum absolute atomic E-state index is 0.0912. The van der Waals surface area contributed by atoms with E-state index in [4.69, 9.17) is 32.7 Å². The monoisotopic (exact) mass is 405 g/mol. The molecule has 0 radical (unpaired) electrons. The van der Waals surface area contributed by atoms with Gasteiger partial charge in [0.2, 0.25) is 5.88 Å². The molecule has 1 saturated heterocycles. The Bertz CT molecular complexity index is 926. The Kier molecular flexibility index (Phi) is 5.51. The van der Waals surface area contributed by atoms with E-state index in [0.717, 1.165) is 5.39 Å². The van der Waals surface area contributed by atoms with Crippen molar-refractivity contribution in [3.8, 4) is 5.88 Å². The van der Waals surface area contributed by atoms with Crippen LogP contribution in [0.1, 0.15) is 32.9 Å². The lowest BCUT2D eigenvalue weighted by atomic mass is 10.1. The number of benzene rings is 1. The lowest BCUT2D eigenvalue weighted by Crippen LogP contribution is -2.36. The molecule has 2 heterocycles. The first kappa shape index (κ1) is 20.0. The number of halogens is 1. The Morgan fingerprint density at radius 1 is 1.39 bits per heavy atom. The van der Waals surface area contributed by atoms with E-state index in [0.29, 0.717) is 41.5 Å². The van der Waals surface area contributed by atoms with E-state index in [-0.39, 0.29) is 18.0 Å². The summed E-state index contributed by atoms with van der Waals surface area (Å²) >= 11 is 6.37. The van der Waals surface area contributed by atoms with Crippen molar-refractivity contribution in [3.63, 3.8) is 0 Å². The molecular formula is C19H24ClN5O3. The molecule has 0 spiro atoms. The van der Waals surface area contributed by atoms with Crippen LogP contribution in [0.2, 0.25) is 5.02 Å². The van der Waals surface area contributed by atoms with Gasteiger partial charge in [-0.25, -0.2) is 9.78 Å². The van der Waals surface area contributed by atoms with Gasteiger partial charge in [-0.15, -0.1) is 0 Å². The van der Waals surface area contributed by atoms with E-state index >= 15 is 0 Å². The molecule has 1 fully saturated rings. The molecule has 1 atom stereocenters. The highest BCUT2D eigenvalue weighted by atomic mass is 35.5. The Balaban J connectivity index is 1.85. The van der Waals surface area contributed by atoms with Gasteiger partial charge in [0.15, 0.2) is 5.84 Å². The first-order valence-electron chi connectivity index (χ1n) is 8.95. The first-order chi connectivity index (χ1) is 13.2. The largest absolute Gasteiger partial charge is 0.472 e. The maximum Gasteiger partial charge on any atom is 0.410 e. The first-order valence-corrected chi connectivity index (χ1v) is 9.33. The van der Waals surface area contributed by atoms with Crippen LogP contribution >= 0.6 is 11.6 Å². The maximum atomic E-state index is 12.3. The summed E-state index contributed by atoms with van der Waals surface area (Å²) in [4.78, 5) is 18.3. The number of rotatable bonds is 3. The van der Waals surface area contributed by atoms with E-state index in [1.807, 2.05) is 32.9 Å². The van der Waals surface area contributed by atoms with Crippen molar-refractivity contribution in [2.75, 3.05) is 13.1 Å². The van der Waals surface area contributed by atoms with E-state index in [1.165, 1.54) is 0 Å². The molecule has 9 heteroatoms. The summed E-state index contributed by atoms with van der Waals surface area (Å²) in [7, 11) is 0. The highest BCUT2D eigenvalue weighted by molar-refractivity contribution is 6.36. The third-order valence-corrected chi connectivity index (χ3v) is 4.57. The highest BCUT2D eigenvalue weighted by Gasteiger charge is 2.31. The fraction of sp³-hybridized carbons (Fsp3) is 0.421. The normalized spacial score (nSPS) is 17.8. The standard InChI is InChI=1S/C19H24ClN5O3/c1-19(2,3)28-18(26)25-8-7-12(10-25)27-17-15-11(5-4-6-13(15)20)9-14(23-17)16(21)24-22/h4-6,9,12H,7-8,10,22H2,1-3H3,(H2,21,24). The zero-order chi connectivity index (χ0) is 20.5. The van der Waals surface area contributed by atoms with Gasteiger partial charge in [0, 0.05) is 13.0 Å². The third-order valence-electron chi connectivity index (χ3n) is 4.25. The van der Waals surface area contributed by atoms with E-state index in [2.05, 4.69) is 10.1 Å². The maximum absolute atomic E-state index is 12.3. The molecular weight excluding hydrogens is 382 g/mol. The van der Waals surface area contributed by atoms with Crippen molar-refractivity contribution < 1.29 is 14.3 Å². The number of likely N-dealkylation sites (tertiary alicyclic amines) is 1. The molecule has 1 aromatic carbocycles. The van der Waals surface area contributed by atoms with Crippen LogP contribution in [0.3, 0.4) is 0 Å². The molecule has 1 amide bonds. The Morgan fingerprint density at radius 2 is 2.14 bits per heavy atom. The summed E-state index contributed by atoms with van der Waals surface area (Å²) in [6.45, 7) is 6.44. The number of aromatic nitrogens is 1. The summed E-state index contributed by atoms with van der Waals surface area (Å²) in [5.74, 6) is 5.72. The summed E-state index contributed by atoms with van der Waals surface area (Å²) in [5, 5.41) is 5.50. The number of hydrogen-bond donors (Lipinski definition) is 2. The molecule has 150 valence electrons. The molecule has 28 heavy (non-hydrogen) atoms. The fourth-order valence-electron chi connectivity index (χ4n) is 2.99. The number of hydrazone groups is 1. The summed E-state index contributed by atoms with van der Waals surface area (Å²) in [6.07, 6.45) is 0.0471. The number of amidine groups is 1. The van der Waals surface area contributed by atoms with Crippen LogP contribution in [-0.2, 0) is 4.74 Å². The number of fused-ring (bicyclic) bond motifs is 1. The van der Waals surface area contributed by atoms with Crippen LogP contribution in [0.25, 0.3) is 10.8 Å². The summed E-state index contributed by atoms with van der Waals surface area (Å²) in [6, 6.07) is 7.22. The molecule has 1 aliphatic rings. The van der Waals surface area contributed by atoms with Gasteiger partial charge in [0.25, 0.3) is 0 Å². The number of carbonyl (C=O) groups is 1. The second-order valence-electron chi connectivity index (χ2n) is 7.62. The molecule has 8 nitrogen and oxygen atoms in total. The number of nitrogens with zero attached hydrogens (tertiary/aromatic N) is 3. The van der Waals surface area contributed by atoms with Gasteiger partial charge < -0.3 is 25.9 Å². The highest BCUT2D eigenvalue weighted by Crippen LogP contribution is 2.33. The SMILES string of the molecule is CC(C)(C)OC(=O)N1CCC(Oc2nc(/C(N)=N\N)cc3cccc(Cl)c23)C1. The number of pyridine rings is 1. The number of amides is 1. The van der Waals surface area contributed by atoms with Crippen LogP contribution < -0.4 is 16.3 Å². The van der Waals surface area contributed by atoms with Gasteiger partial charge in [-0.3, -0.25) is 0 Å². The molecule has 4 N–H and O–H groups in total. The molecule has 3 rings (SSSR count). The lowest BCUT2D eigenvalue weighted by molar-refractivity contribution is 0.0275. The van der Waals surface area contributed by atoms with Crippen LogP contribution in [-0.4, -0.2) is 46.6 Å². The molecule has 0 saturated carbocycles. The average Bonchev–Trinajstić information content (AvgIpc) is 3.08. The van der Waals surface area contributed by atoms with Crippen molar-refractivity contribution in [2.24, 2.45) is 16.7 Å². The molecule has 1 aliphatic heterocycles. The predicted molar refractivity (Wildman–Crippen MR) is 109 cm³/mol. The van der Waals surface area contributed by atoms with Crippen LogP contribution in [0.5, 0.6) is 5.88 Å². The molecule has 0 aliphatic carbocycles. The summed E-state index contributed by atoms with van der Waals surface area (Å²) in [5.41, 5.74) is 5.68. The van der Waals surface area contributed by atoms with Crippen molar-refractivity contribution in [1.82, 2.24) is 9.88 Å². The minimum atomic E-state index is -0.547. The second kappa shape index (κ2) is 7.71.